The van der Waals surface area contributed by atoms with Crippen molar-refractivity contribution in [3.05, 3.63) is 0 Å². The third kappa shape index (κ3) is 16.0. The quantitative estimate of drug-likeness (QED) is 0.506. The van der Waals surface area contributed by atoms with Crippen molar-refractivity contribution in [3.63, 3.8) is 0 Å². The summed E-state index contributed by atoms with van der Waals surface area (Å²) in [5.74, 6) is -0.293. The number of hydrogen-bond acceptors (Lipinski definition) is 5. The van der Waals surface area contributed by atoms with E-state index in [2.05, 4.69) is 27.6 Å². The van der Waals surface area contributed by atoms with E-state index in [0.717, 1.165) is 0 Å². The molecule has 0 spiro atoms. The molecule has 2 N–H and O–H groups in total. The first-order valence-corrected chi connectivity index (χ1v) is 3.71. The van der Waals surface area contributed by atoms with Crippen LogP contribution in [0.3, 0.4) is 0 Å². The van der Waals surface area contributed by atoms with Gasteiger partial charge in [0, 0.05) is 19.3 Å². The van der Waals surface area contributed by atoms with Crippen LogP contribution in [0, 0.1) is 0 Å². The highest BCUT2D eigenvalue weighted by Crippen LogP contribution is 1.84. The minimum absolute atomic E-state index is 0.293. The summed E-state index contributed by atoms with van der Waals surface area (Å²) in [6.07, 6.45) is -0.318. The van der Waals surface area contributed by atoms with Crippen molar-refractivity contribution in [1.82, 2.24) is 0 Å². The molecule has 0 aliphatic carbocycles. The molecule has 0 aliphatic rings. The first kappa shape index (κ1) is 13.7. The summed E-state index contributed by atoms with van der Waals surface area (Å²) in [5.41, 5.74) is 4.54. The standard InChI is InChI=1S/C3H7NO2.C3H6O2S/c1-2-6-3(4)5;1-2-3(4)5-6/h2H2,1H3,(H2,4,5);6H,2H2,1H3. The van der Waals surface area contributed by atoms with E-state index in [0.29, 0.717) is 13.0 Å². The zero-order chi connectivity index (χ0) is 9.98. The van der Waals surface area contributed by atoms with Crippen LogP contribution in [0.4, 0.5) is 4.79 Å². The summed E-state index contributed by atoms with van der Waals surface area (Å²) in [6.45, 7) is 3.76. The maximum absolute atomic E-state index is 9.88. The molecule has 0 saturated heterocycles. The van der Waals surface area contributed by atoms with E-state index in [1.54, 1.807) is 13.8 Å². The number of hydrogen-bond donors (Lipinski definition) is 2. The van der Waals surface area contributed by atoms with Crippen LogP contribution >= 0.6 is 12.9 Å². The molecule has 0 fully saturated rings. The molecule has 0 aromatic carbocycles. The average Bonchev–Trinajstić information content (AvgIpc) is 2.04. The van der Waals surface area contributed by atoms with Gasteiger partial charge in [-0.2, -0.15) is 0 Å². The number of rotatable bonds is 2. The summed E-state index contributed by atoms with van der Waals surface area (Å²) in [5, 5.41) is 0. The molecule has 72 valence electrons. The average molecular weight is 195 g/mol. The molecule has 1 amide bonds. The van der Waals surface area contributed by atoms with Gasteiger partial charge in [-0.1, -0.05) is 6.92 Å². The predicted octanol–water partition coefficient (Wildman–Crippen LogP) is 0.886. The Balaban J connectivity index is 0. The monoisotopic (exact) mass is 195 g/mol. The number of thiol groups is 1. The number of primary amides is 1. The van der Waals surface area contributed by atoms with Crippen LogP contribution in [0.5, 0.6) is 0 Å². The molecule has 0 aromatic rings. The van der Waals surface area contributed by atoms with Crippen molar-refractivity contribution in [2.45, 2.75) is 20.3 Å². The first-order chi connectivity index (χ1) is 5.58. The van der Waals surface area contributed by atoms with Gasteiger partial charge in [-0.15, -0.1) is 0 Å². The van der Waals surface area contributed by atoms with Gasteiger partial charge in [-0.05, 0) is 6.92 Å². The summed E-state index contributed by atoms with van der Waals surface area (Å²) in [6, 6.07) is 0. The van der Waals surface area contributed by atoms with Crippen LogP contribution in [-0.2, 0) is 13.7 Å². The fourth-order valence-electron chi connectivity index (χ4n) is 0.207. The van der Waals surface area contributed by atoms with Gasteiger partial charge in [-0.25, -0.2) is 4.79 Å². The lowest BCUT2D eigenvalue weighted by molar-refractivity contribution is -0.132. The Morgan fingerprint density at radius 3 is 1.92 bits per heavy atom. The van der Waals surface area contributed by atoms with Gasteiger partial charge in [0.05, 0.1) is 6.61 Å². The predicted molar refractivity (Wildman–Crippen MR) is 46.6 cm³/mol. The van der Waals surface area contributed by atoms with Crippen molar-refractivity contribution in [1.29, 1.82) is 0 Å². The normalized spacial score (nSPS) is 7.58. The van der Waals surface area contributed by atoms with Crippen LogP contribution in [0.15, 0.2) is 0 Å². The van der Waals surface area contributed by atoms with Gasteiger partial charge >= 0.3 is 12.1 Å². The van der Waals surface area contributed by atoms with E-state index in [1.807, 2.05) is 0 Å². The molecule has 0 aliphatic heterocycles. The van der Waals surface area contributed by atoms with Gasteiger partial charge < -0.3 is 14.7 Å². The molecule has 12 heavy (non-hydrogen) atoms. The van der Waals surface area contributed by atoms with Crippen LogP contribution in [0.25, 0.3) is 0 Å². The summed E-state index contributed by atoms with van der Waals surface area (Å²) in [4.78, 5) is 19.5. The van der Waals surface area contributed by atoms with Gasteiger partial charge in [0.15, 0.2) is 0 Å². The van der Waals surface area contributed by atoms with Crippen molar-refractivity contribution >= 4 is 25.0 Å². The van der Waals surface area contributed by atoms with Gasteiger partial charge in [0.25, 0.3) is 0 Å². The topological polar surface area (TPSA) is 78.6 Å². The molecule has 0 atom stereocenters. The third-order valence-electron chi connectivity index (χ3n) is 0.677. The smallest absolute Gasteiger partial charge is 0.404 e. The van der Waals surface area contributed by atoms with E-state index in [1.165, 1.54) is 0 Å². The van der Waals surface area contributed by atoms with Gasteiger partial charge in [0.2, 0.25) is 0 Å². The van der Waals surface area contributed by atoms with Gasteiger partial charge in [0.1, 0.15) is 0 Å². The number of ether oxygens (including phenoxy) is 1. The lowest BCUT2D eigenvalue weighted by Crippen LogP contribution is -2.11. The molecular formula is C6H13NO4S. The highest BCUT2D eigenvalue weighted by molar-refractivity contribution is 7.75. The molecule has 0 aromatic heterocycles. The lowest BCUT2D eigenvalue weighted by atomic mass is 10.5. The van der Waals surface area contributed by atoms with Crippen LogP contribution < -0.4 is 5.73 Å². The molecular weight excluding hydrogens is 182 g/mol. The zero-order valence-electron chi connectivity index (χ0n) is 7.07. The third-order valence-corrected chi connectivity index (χ3v) is 0.881. The summed E-state index contributed by atoms with van der Waals surface area (Å²) < 4.78 is 8.14. The Hall–Kier alpha value is -0.910. The second kappa shape index (κ2) is 10.1. The lowest BCUT2D eigenvalue weighted by Gasteiger charge is -1.89. The van der Waals surface area contributed by atoms with E-state index in [4.69, 9.17) is 0 Å². The largest absolute Gasteiger partial charge is 0.450 e. The zero-order valence-corrected chi connectivity index (χ0v) is 7.97. The molecule has 0 bridgehead atoms. The fraction of sp³-hybridized carbons (Fsp3) is 0.667. The Kier molecular flexibility index (Phi) is 11.5. The van der Waals surface area contributed by atoms with Crippen molar-refractivity contribution in [2.75, 3.05) is 6.61 Å². The van der Waals surface area contributed by atoms with E-state index >= 15 is 0 Å². The number of nitrogens with two attached hydrogens (primary N) is 1. The number of carbonyl (C=O) groups excluding carboxylic acids is 2. The second-order valence-corrected chi connectivity index (χ2v) is 1.75. The fourth-order valence-corrected chi connectivity index (χ4v) is 0.336. The first-order valence-electron chi connectivity index (χ1n) is 3.34. The van der Waals surface area contributed by atoms with Crippen molar-refractivity contribution in [2.24, 2.45) is 5.73 Å². The van der Waals surface area contributed by atoms with E-state index in [-0.39, 0.29) is 5.97 Å². The van der Waals surface area contributed by atoms with E-state index < -0.39 is 6.09 Å². The molecule has 5 nitrogen and oxygen atoms in total. The Morgan fingerprint density at radius 1 is 1.42 bits per heavy atom. The van der Waals surface area contributed by atoms with Gasteiger partial charge in [-0.3, -0.25) is 4.79 Å². The summed E-state index contributed by atoms with van der Waals surface area (Å²) in [7, 11) is 0. The molecule has 0 unspecified atom stereocenters. The van der Waals surface area contributed by atoms with Crippen molar-refractivity contribution in [3.8, 4) is 0 Å². The van der Waals surface area contributed by atoms with Crippen LogP contribution in [-0.4, -0.2) is 18.7 Å². The number of amides is 1. The highest BCUT2D eigenvalue weighted by Gasteiger charge is 1.89. The molecule has 0 saturated carbocycles. The Bertz CT molecular complexity index is 134. The molecule has 0 radical (unpaired) electrons. The molecule has 0 rings (SSSR count). The molecule has 6 heteroatoms. The van der Waals surface area contributed by atoms with E-state index in [9.17, 15) is 9.59 Å². The maximum atomic E-state index is 9.88. The minimum Gasteiger partial charge on any atom is -0.450 e. The Labute approximate surface area is 76.8 Å². The summed E-state index contributed by atoms with van der Waals surface area (Å²) >= 11 is 3.25. The minimum atomic E-state index is -0.711. The Morgan fingerprint density at radius 2 is 1.92 bits per heavy atom. The van der Waals surface area contributed by atoms with Crippen LogP contribution in [0.1, 0.15) is 20.3 Å². The second-order valence-electron chi connectivity index (χ2n) is 1.57. The SMILES string of the molecule is CCC(=O)OS.CCOC(N)=O. The highest BCUT2D eigenvalue weighted by atomic mass is 32.1. The molecule has 0 heterocycles. The van der Waals surface area contributed by atoms with Crippen LogP contribution in [0.2, 0.25) is 0 Å². The maximum Gasteiger partial charge on any atom is 0.404 e. The number of carbonyl (C=O) groups is 2. The van der Waals surface area contributed by atoms with Crippen molar-refractivity contribution < 1.29 is 18.5 Å².